The Hall–Kier alpha value is -5.42. The summed E-state index contributed by atoms with van der Waals surface area (Å²) in [6.45, 7) is 0. The zero-order valence-corrected chi connectivity index (χ0v) is 20.9. The van der Waals surface area contributed by atoms with E-state index in [1.807, 2.05) is 67.1 Å². The van der Waals surface area contributed by atoms with Gasteiger partial charge in [-0.25, -0.2) is 9.97 Å². The minimum absolute atomic E-state index is 0.886. The molecule has 5 heteroatoms. The molecule has 0 atom stereocenters. The summed E-state index contributed by atoms with van der Waals surface area (Å²) in [5.41, 5.74) is 8.49. The van der Waals surface area contributed by atoms with Gasteiger partial charge in [-0.3, -0.25) is 14.4 Å². The van der Waals surface area contributed by atoms with Crippen LogP contribution >= 0.6 is 0 Å². The molecule has 0 unspecified atom stereocenters. The Morgan fingerprint density at radius 1 is 0.538 bits per heavy atom. The number of rotatable bonds is 3. The van der Waals surface area contributed by atoms with Crippen LogP contribution in [0.25, 0.3) is 72.1 Å². The van der Waals surface area contributed by atoms with Crippen molar-refractivity contribution in [3.63, 3.8) is 0 Å². The highest BCUT2D eigenvalue weighted by Gasteiger charge is 2.18. The Morgan fingerprint density at radius 2 is 1.33 bits per heavy atom. The smallest absolute Gasteiger partial charge is 0.137 e. The van der Waals surface area contributed by atoms with Crippen molar-refractivity contribution in [2.45, 2.75) is 0 Å². The molecule has 0 fully saturated rings. The van der Waals surface area contributed by atoms with Crippen LogP contribution in [0.4, 0.5) is 0 Å². The number of benzene rings is 3. The molecule has 182 valence electrons. The van der Waals surface area contributed by atoms with E-state index in [2.05, 4.69) is 70.0 Å². The van der Waals surface area contributed by atoms with E-state index in [0.717, 1.165) is 61.4 Å². The van der Waals surface area contributed by atoms with Gasteiger partial charge in [-0.2, -0.15) is 0 Å². The van der Waals surface area contributed by atoms with Crippen LogP contribution < -0.4 is 0 Å². The second-order valence-corrected chi connectivity index (χ2v) is 9.57. The average Bonchev–Trinajstić information content (AvgIpc) is 3.40. The van der Waals surface area contributed by atoms with Gasteiger partial charge in [0.05, 0.1) is 33.8 Å². The molecule has 0 aliphatic rings. The highest BCUT2D eigenvalue weighted by atomic mass is 15.0. The highest BCUT2D eigenvalue weighted by Crippen LogP contribution is 2.37. The fourth-order valence-electron chi connectivity index (χ4n) is 5.54. The van der Waals surface area contributed by atoms with Gasteiger partial charge in [-0.05, 0) is 47.2 Å². The Bertz CT molecular complexity index is 2150. The number of fused-ring (bicyclic) bond motifs is 6. The first-order valence-corrected chi connectivity index (χ1v) is 12.9. The summed E-state index contributed by atoms with van der Waals surface area (Å²) in [6.07, 6.45) is 5.70. The lowest BCUT2D eigenvalue weighted by molar-refractivity contribution is 1.17. The molecule has 0 radical (unpaired) electrons. The first-order valence-electron chi connectivity index (χ1n) is 12.9. The second kappa shape index (κ2) is 8.57. The summed E-state index contributed by atoms with van der Waals surface area (Å²) in [6, 6.07) is 37.3. The zero-order valence-electron chi connectivity index (χ0n) is 20.9. The molecule has 0 saturated heterocycles. The van der Waals surface area contributed by atoms with Crippen molar-refractivity contribution in [2.24, 2.45) is 0 Å². The monoisotopic (exact) mass is 499 g/mol. The molecule has 5 aromatic heterocycles. The van der Waals surface area contributed by atoms with Crippen molar-refractivity contribution in [1.29, 1.82) is 0 Å². The van der Waals surface area contributed by atoms with E-state index in [1.165, 1.54) is 10.8 Å². The van der Waals surface area contributed by atoms with Crippen molar-refractivity contribution in [3.8, 4) is 33.9 Å². The van der Waals surface area contributed by atoms with Gasteiger partial charge in [0.1, 0.15) is 5.65 Å². The molecule has 8 rings (SSSR count). The number of hydrogen-bond acceptors (Lipinski definition) is 4. The minimum Gasteiger partial charge on any atom is -0.298 e. The molecule has 0 aliphatic carbocycles. The van der Waals surface area contributed by atoms with Crippen molar-refractivity contribution < 1.29 is 0 Å². The fourth-order valence-corrected chi connectivity index (χ4v) is 5.54. The van der Waals surface area contributed by atoms with Gasteiger partial charge >= 0.3 is 0 Å². The Labute approximate surface area is 224 Å². The molecule has 5 nitrogen and oxygen atoms in total. The maximum Gasteiger partial charge on any atom is 0.137 e. The van der Waals surface area contributed by atoms with E-state index >= 15 is 0 Å². The Balaban J connectivity index is 1.34. The molecule has 0 N–H and O–H groups in total. The molecule has 0 spiro atoms. The van der Waals surface area contributed by atoms with Crippen LogP contribution in [0, 0.1) is 0 Å². The number of hydrogen-bond donors (Lipinski definition) is 0. The largest absolute Gasteiger partial charge is 0.298 e. The maximum atomic E-state index is 5.09. The molecule has 39 heavy (non-hydrogen) atoms. The topological polar surface area (TPSA) is 56.0 Å². The lowest BCUT2D eigenvalue weighted by Crippen LogP contribution is -1.93. The number of nitrogens with zero attached hydrogens (tertiary/aromatic N) is 5. The van der Waals surface area contributed by atoms with Crippen LogP contribution in [0.3, 0.4) is 0 Å². The van der Waals surface area contributed by atoms with Crippen molar-refractivity contribution in [2.75, 3.05) is 0 Å². The van der Waals surface area contributed by atoms with Crippen LogP contribution in [-0.2, 0) is 0 Å². The van der Waals surface area contributed by atoms with Gasteiger partial charge < -0.3 is 0 Å². The molecule has 8 aromatic rings. The molecule has 3 aromatic carbocycles. The third-order valence-electron chi connectivity index (χ3n) is 7.31. The third kappa shape index (κ3) is 3.41. The van der Waals surface area contributed by atoms with Crippen LogP contribution in [0.5, 0.6) is 0 Å². The SMILES string of the molecule is c1ccc(-c2c(-c3ccc(-c4nc5cccnc5c5c4ccc4ccccc45)cc3)nc3ccccn23)nc1. The maximum absolute atomic E-state index is 5.09. The Kier molecular flexibility index (Phi) is 4.76. The van der Waals surface area contributed by atoms with Crippen molar-refractivity contribution in [1.82, 2.24) is 24.3 Å². The van der Waals surface area contributed by atoms with Gasteiger partial charge in [-0.15, -0.1) is 0 Å². The van der Waals surface area contributed by atoms with Crippen molar-refractivity contribution in [3.05, 3.63) is 128 Å². The molecule has 0 amide bonds. The summed E-state index contributed by atoms with van der Waals surface area (Å²) in [4.78, 5) is 19.4. The van der Waals surface area contributed by atoms with Crippen molar-refractivity contribution >= 4 is 38.2 Å². The number of pyridine rings is 4. The summed E-state index contributed by atoms with van der Waals surface area (Å²) < 4.78 is 2.10. The van der Waals surface area contributed by atoms with E-state index in [0.29, 0.717) is 0 Å². The van der Waals surface area contributed by atoms with Crippen LogP contribution in [0.2, 0.25) is 0 Å². The minimum atomic E-state index is 0.886. The normalized spacial score (nSPS) is 11.6. The zero-order chi connectivity index (χ0) is 25.8. The number of aromatic nitrogens is 5. The van der Waals surface area contributed by atoms with Crippen LogP contribution in [0.15, 0.2) is 128 Å². The molecular formula is C34H21N5. The summed E-state index contributed by atoms with van der Waals surface area (Å²) in [7, 11) is 0. The summed E-state index contributed by atoms with van der Waals surface area (Å²) >= 11 is 0. The molecule has 0 bridgehead atoms. The van der Waals surface area contributed by atoms with Gasteiger partial charge in [0.2, 0.25) is 0 Å². The molecule has 0 saturated carbocycles. The first-order chi connectivity index (χ1) is 19.3. The average molecular weight is 500 g/mol. The molecule has 5 heterocycles. The second-order valence-electron chi connectivity index (χ2n) is 9.57. The van der Waals surface area contributed by atoms with Crippen LogP contribution in [-0.4, -0.2) is 24.3 Å². The molecular weight excluding hydrogens is 478 g/mol. The standard InChI is InChI=1S/C34H21N5/c1-2-9-25-22(8-1)17-18-26-30(25)33-27(11-7-20-36-33)37-31(26)23-13-15-24(16-14-23)32-34(28-10-3-5-19-35-28)39-21-6-4-12-29(39)38-32/h1-21H. The lowest BCUT2D eigenvalue weighted by atomic mass is 9.96. The van der Waals surface area contributed by atoms with Gasteiger partial charge in [0.25, 0.3) is 0 Å². The van der Waals surface area contributed by atoms with Gasteiger partial charge in [0.15, 0.2) is 0 Å². The van der Waals surface area contributed by atoms with E-state index in [1.54, 1.807) is 0 Å². The summed E-state index contributed by atoms with van der Waals surface area (Å²) in [5, 5.41) is 4.60. The van der Waals surface area contributed by atoms with Gasteiger partial charge in [0, 0.05) is 40.5 Å². The lowest BCUT2D eigenvalue weighted by Gasteiger charge is -2.12. The first kappa shape index (κ1) is 21.6. The Morgan fingerprint density at radius 3 is 2.21 bits per heavy atom. The van der Waals surface area contributed by atoms with E-state index in [-0.39, 0.29) is 0 Å². The summed E-state index contributed by atoms with van der Waals surface area (Å²) in [5.74, 6) is 0. The molecule has 0 aliphatic heterocycles. The van der Waals surface area contributed by atoms with Gasteiger partial charge in [-0.1, -0.05) is 72.8 Å². The predicted molar refractivity (Wildman–Crippen MR) is 157 cm³/mol. The highest BCUT2D eigenvalue weighted by molar-refractivity contribution is 6.21. The number of imidazole rings is 1. The van der Waals surface area contributed by atoms with E-state index < -0.39 is 0 Å². The van der Waals surface area contributed by atoms with E-state index in [9.17, 15) is 0 Å². The fraction of sp³-hybridized carbons (Fsp3) is 0. The third-order valence-corrected chi connectivity index (χ3v) is 7.31. The quantitative estimate of drug-likeness (QED) is 0.231. The van der Waals surface area contributed by atoms with E-state index in [4.69, 9.17) is 15.0 Å². The van der Waals surface area contributed by atoms with Crippen LogP contribution in [0.1, 0.15) is 0 Å². The predicted octanol–water partition coefficient (Wildman–Crippen LogP) is 7.98.